The van der Waals surface area contributed by atoms with Gasteiger partial charge in [0.05, 0.1) is 7.11 Å². The Bertz CT molecular complexity index is 805. The van der Waals surface area contributed by atoms with Gasteiger partial charge in [0, 0.05) is 29.6 Å². The topological polar surface area (TPSA) is 29.5 Å². The number of amides is 1. The minimum atomic E-state index is -0.161. The summed E-state index contributed by atoms with van der Waals surface area (Å²) < 4.78 is 5.24. The fourth-order valence-corrected chi connectivity index (χ4v) is 2.79. The predicted molar refractivity (Wildman–Crippen MR) is 90.4 cm³/mol. The molecule has 0 aliphatic carbocycles. The van der Waals surface area contributed by atoms with E-state index >= 15 is 0 Å². The van der Waals surface area contributed by atoms with E-state index in [1.54, 1.807) is 24.1 Å². The van der Waals surface area contributed by atoms with E-state index in [-0.39, 0.29) is 5.91 Å². The number of halogens is 1. The summed E-state index contributed by atoms with van der Waals surface area (Å²) in [4.78, 5) is 14.1. The Morgan fingerprint density at radius 2 is 2.09 bits per heavy atom. The lowest BCUT2D eigenvalue weighted by atomic mass is 9.99. The highest BCUT2D eigenvalue weighted by molar-refractivity contribution is 6.30. The second kappa shape index (κ2) is 6.76. The number of carbonyl (C=O) groups is 1. The third kappa shape index (κ3) is 3.67. The first kappa shape index (κ1) is 15.5. The molecule has 0 atom stereocenters. The number of ether oxygens (including phenoxy) is 1. The van der Waals surface area contributed by atoms with Gasteiger partial charge in [0.1, 0.15) is 5.75 Å². The molecular formula is C19H16ClNO2. The second-order valence-corrected chi connectivity index (χ2v) is 5.81. The quantitative estimate of drug-likeness (QED) is 0.753. The molecule has 2 aromatic rings. The monoisotopic (exact) mass is 325 g/mol. The fraction of sp³-hybridized carbons (Fsp3) is 0.211. The second-order valence-electron chi connectivity index (χ2n) is 5.37. The van der Waals surface area contributed by atoms with Crippen LogP contribution in [0.15, 0.2) is 42.5 Å². The van der Waals surface area contributed by atoms with Crippen molar-refractivity contribution in [1.29, 1.82) is 0 Å². The van der Waals surface area contributed by atoms with Gasteiger partial charge in [0.2, 0.25) is 0 Å². The summed E-state index contributed by atoms with van der Waals surface area (Å²) in [7, 11) is 1.66. The van der Waals surface area contributed by atoms with E-state index in [0.717, 1.165) is 23.3 Å². The van der Waals surface area contributed by atoms with Crippen molar-refractivity contribution >= 4 is 17.5 Å². The Labute approximate surface area is 140 Å². The minimum absolute atomic E-state index is 0.161. The van der Waals surface area contributed by atoms with Crippen LogP contribution in [0.25, 0.3) is 0 Å². The van der Waals surface area contributed by atoms with E-state index in [1.165, 1.54) is 5.56 Å². The van der Waals surface area contributed by atoms with E-state index in [9.17, 15) is 4.79 Å². The average molecular weight is 326 g/mol. The van der Waals surface area contributed by atoms with E-state index in [4.69, 9.17) is 16.3 Å². The van der Waals surface area contributed by atoms with Gasteiger partial charge in [-0.3, -0.25) is 4.79 Å². The molecule has 4 heteroatoms. The van der Waals surface area contributed by atoms with E-state index in [2.05, 4.69) is 11.8 Å². The summed E-state index contributed by atoms with van der Waals surface area (Å²) in [6, 6.07) is 13.2. The maximum absolute atomic E-state index is 12.3. The van der Waals surface area contributed by atoms with Gasteiger partial charge in [-0.25, -0.2) is 0 Å². The third-order valence-corrected chi connectivity index (χ3v) is 4.09. The van der Waals surface area contributed by atoms with Crippen LogP contribution in [0.5, 0.6) is 5.75 Å². The van der Waals surface area contributed by atoms with Crippen LogP contribution in [-0.4, -0.2) is 24.5 Å². The number of rotatable bonds is 1. The van der Waals surface area contributed by atoms with Crippen LogP contribution >= 0.6 is 11.6 Å². The van der Waals surface area contributed by atoms with Crippen molar-refractivity contribution in [2.24, 2.45) is 0 Å². The number of hydrogen-bond acceptors (Lipinski definition) is 2. The molecule has 23 heavy (non-hydrogen) atoms. The fourth-order valence-electron chi connectivity index (χ4n) is 2.60. The zero-order chi connectivity index (χ0) is 16.2. The van der Waals surface area contributed by atoms with E-state index < -0.39 is 0 Å². The summed E-state index contributed by atoms with van der Waals surface area (Å²) in [5.74, 6) is 6.27. The Morgan fingerprint density at radius 1 is 1.22 bits per heavy atom. The zero-order valence-corrected chi connectivity index (χ0v) is 13.6. The van der Waals surface area contributed by atoms with Gasteiger partial charge in [0.15, 0.2) is 0 Å². The lowest BCUT2D eigenvalue weighted by molar-refractivity contribution is -0.125. The summed E-state index contributed by atoms with van der Waals surface area (Å²) in [5, 5.41) is 0.616. The highest BCUT2D eigenvalue weighted by Crippen LogP contribution is 2.23. The molecule has 3 nitrogen and oxygen atoms in total. The first-order chi connectivity index (χ1) is 11.2. The van der Waals surface area contributed by atoms with Crippen molar-refractivity contribution in [1.82, 2.24) is 4.90 Å². The number of nitrogens with zero attached hydrogens (tertiary/aromatic N) is 1. The minimum Gasteiger partial charge on any atom is -0.497 e. The van der Waals surface area contributed by atoms with Gasteiger partial charge in [-0.1, -0.05) is 29.7 Å². The molecule has 0 saturated carbocycles. The molecule has 1 aliphatic rings. The smallest absolute Gasteiger partial charge is 0.299 e. The number of carbonyl (C=O) groups excluding carboxylic acids is 1. The Morgan fingerprint density at radius 3 is 2.87 bits per heavy atom. The van der Waals surface area contributed by atoms with Gasteiger partial charge >= 0.3 is 0 Å². The highest BCUT2D eigenvalue weighted by atomic mass is 35.5. The first-order valence-corrected chi connectivity index (χ1v) is 7.76. The van der Waals surface area contributed by atoms with Crippen molar-refractivity contribution in [3.63, 3.8) is 0 Å². The molecule has 0 N–H and O–H groups in total. The number of fused-ring (bicyclic) bond motifs is 1. The van der Waals surface area contributed by atoms with Crippen LogP contribution in [0.4, 0.5) is 0 Å². The average Bonchev–Trinajstić information content (AvgIpc) is 2.58. The third-order valence-electron chi connectivity index (χ3n) is 3.85. The lowest BCUT2D eigenvalue weighted by Crippen LogP contribution is -2.35. The largest absolute Gasteiger partial charge is 0.497 e. The molecule has 1 heterocycles. The summed E-state index contributed by atoms with van der Waals surface area (Å²) in [5.41, 5.74) is 3.12. The molecule has 0 aromatic heterocycles. The standard InChI is InChI=1S/C19H16ClNO2/c1-23-18-7-6-16-13-21(10-9-15(16)12-18)19(22)8-5-14-3-2-4-17(20)11-14/h2-4,6-7,11-12H,9-10,13H2,1H3. The maximum atomic E-state index is 12.3. The summed E-state index contributed by atoms with van der Waals surface area (Å²) >= 11 is 5.92. The summed E-state index contributed by atoms with van der Waals surface area (Å²) in [6.45, 7) is 1.26. The van der Waals surface area contributed by atoms with Crippen molar-refractivity contribution in [2.45, 2.75) is 13.0 Å². The van der Waals surface area contributed by atoms with Gasteiger partial charge in [0.25, 0.3) is 5.91 Å². The van der Waals surface area contributed by atoms with Crippen molar-refractivity contribution in [2.75, 3.05) is 13.7 Å². The van der Waals surface area contributed by atoms with Gasteiger partial charge in [-0.15, -0.1) is 0 Å². The van der Waals surface area contributed by atoms with Crippen LogP contribution in [0, 0.1) is 11.8 Å². The first-order valence-electron chi connectivity index (χ1n) is 7.38. The van der Waals surface area contributed by atoms with E-state index in [1.807, 2.05) is 30.3 Å². The number of hydrogen-bond donors (Lipinski definition) is 0. The highest BCUT2D eigenvalue weighted by Gasteiger charge is 2.19. The molecule has 1 amide bonds. The van der Waals surface area contributed by atoms with Crippen LogP contribution in [-0.2, 0) is 17.8 Å². The van der Waals surface area contributed by atoms with Crippen molar-refractivity contribution < 1.29 is 9.53 Å². The lowest BCUT2D eigenvalue weighted by Gasteiger charge is -2.27. The van der Waals surface area contributed by atoms with Crippen LogP contribution in [0.3, 0.4) is 0 Å². The van der Waals surface area contributed by atoms with Crippen molar-refractivity contribution in [3.05, 3.63) is 64.2 Å². The maximum Gasteiger partial charge on any atom is 0.299 e. The molecular weight excluding hydrogens is 310 g/mol. The molecule has 0 saturated heterocycles. The Kier molecular flexibility index (Phi) is 4.55. The zero-order valence-electron chi connectivity index (χ0n) is 12.8. The Hall–Kier alpha value is -2.44. The van der Waals surface area contributed by atoms with Gasteiger partial charge in [-0.05, 0) is 47.9 Å². The molecule has 3 rings (SSSR count). The van der Waals surface area contributed by atoms with E-state index in [0.29, 0.717) is 18.1 Å². The van der Waals surface area contributed by atoms with Gasteiger partial charge < -0.3 is 9.64 Å². The molecule has 1 aliphatic heterocycles. The molecule has 0 spiro atoms. The molecule has 0 radical (unpaired) electrons. The normalized spacial score (nSPS) is 12.9. The van der Waals surface area contributed by atoms with Crippen LogP contribution in [0.2, 0.25) is 5.02 Å². The molecule has 0 unspecified atom stereocenters. The molecule has 116 valence electrons. The van der Waals surface area contributed by atoms with Crippen LogP contribution < -0.4 is 4.74 Å². The number of methoxy groups -OCH3 is 1. The molecule has 2 aromatic carbocycles. The van der Waals surface area contributed by atoms with Gasteiger partial charge in [-0.2, -0.15) is 0 Å². The molecule has 0 fully saturated rings. The van der Waals surface area contributed by atoms with Crippen LogP contribution in [0.1, 0.15) is 16.7 Å². The molecule has 0 bridgehead atoms. The SMILES string of the molecule is COc1ccc2c(c1)CCN(C(=O)C#Cc1cccc(Cl)c1)C2. The van der Waals surface area contributed by atoms with Crippen molar-refractivity contribution in [3.8, 4) is 17.6 Å². The number of benzene rings is 2. The Balaban J connectivity index is 1.72. The predicted octanol–water partition coefficient (Wildman–Crippen LogP) is 3.29. The summed E-state index contributed by atoms with van der Waals surface area (Å²) in [6.07, 6.45) is 0.817.